The summed E-state index contributed by atoms with van der Waals surface area (Å²) in [7, 11) is 0. The second kappa shape index (κ2) is 5.89. The Morgan fingerprint density at radius 3 is 2.89 bits per heavy atom. The van der Waals surface area contributed by atoms with Crippen LogP contribution >= 0.6 is 15.9 Å². The standard InChI is InChI=1S/C13H14BrF2NO/c14-11-1-2-12(15)10(13(11)16)6-9(18)5-8-3-4-17-7-8/h1-2,8,17H,3-7H2. The van der Waals surface area contributed by atoms with Gasteiger partial charge >= 0.3 is 0 Å². The Morgan fingerprint density at radius 1 is 1.44 bits per heavy atom. The Kier molecular flexibility index (Phi) is 4.45. The number of carbonyl (C=O) groups excluding carboxylic acids is 1. The molecule has 1 unspecified atom stereocenters. The molecule has 1 N–H and O–H groups in total. The summed E-state index contributed by atoms with van der Waals surface area (Å²) in [6, 6.07) is 2.48. The lowest BCUT2D eigenvalue weighted by atomic mass is 9.97. The first-order valence-corrected chi connectivity index (χ1v) is 6.72. The molecule has 18 heavy (non-hydrogen) atoms. The second-order valence-electron chi connectivity index (χ2n) is 4.60. The third-order valence-corrected chi connectivity index (χ3v) is 3.80. The summed E-state index contributed by atoms with van der Waals surface area (Å²) in [5.41, 5.74) is -0.139. The topological polar surface area (TPSA) is 29.1 Å². The maximum absolute atomic E-state index is 13.7. The van der Waals surface area contributed by atoms with Crippen LogP contribution in [-0.2, 0) is 11.2 Å². The van der Waals surface area contributed by atoms with Crippen LogP contribution in [0.25, 0.3) is 0 Å². The minimum Gasteiger partial charge on any atom is -0.316 e. The number of rotatable bonds is 4. The monoisotopic (exact) mass is 317 g/mol. The number of hydrogen-bond donors (Lipinski definition) is 1. The molecule has 0 radical (unpaired) electrons. The van der Waals surface area contributed by atoms with Gasteiger partial charge in [0.05, 0.1) is 4.47 Å². The van der Waals surface area contributed by atoms with Crippen LogP contribution < -0.4 is 5.32 Å². The Morgan fingerprint density at radius 2 is 2.22 bits per heavy atom. The molecule has 0 saturated carbocycles. The predicted molar refractivity (Wildman–Crippen MR) is 68.4 cm³/mol. The van der Waals surface area contributed by atoms with Crippen molar-refractivity contribution in [2.24, 2.45) is 5.92 Å². The molecular weight excluding hydrogens is 304 g/mol. The molecule has 0 amide bonds. The molecule has 1 aromatic rings. The van der Waals surface area contributed by atoms with Crippen molar-refractivity contribution >= 4 is 21.7 Å². The van der Waals surface area contributed by atoms with E-state index in [1.165, 1.54) is 12.1 Å². The number of nitrogens with one attached hydrogen (secondary N) is 1. The Labute approximate surface area is 113 Å². The molecule has 2 rings (SSSR count). The van der Waals surface area contributed by atoms with E-state index < -0.39 is 11.6 Å². The lowest BCUT2D eigenvalue weighted by molar-refractivity contribution is -0.119. The summed E-state index contributed by atoms with van der Waals surface area (Å²) in [6.45, 7) is 1.73. The minimum absolute atomic E-state index is 0.111. The fraction of sp³-hybridized carbons (Fsp3) is 0.462. The number of benzene rings is 1. The molecule has 0 spiro atoms. The van der Waals surface area contributed by atoms with Crippen molar-refractivity contribution in [3.8, 4) is 0 Å². The molecule has 5 heteroatoms. The van der Waals surface area contributed by atoms with E-state index >= 15 is 0 Å². The molecule has 0 aliphatic carbocycles. The molecule has 1 atom stereocenters. The van der Waals surface area contributed by atoms with Crippen molar-refractivity contribution < 1.29 is 13.6 Å². The zero-order valence-electron chi connectivity index (χ0n) is 9.81. The van der Waals surface area contributed by atoms with Crippen LogP contribution in [0, 0.1) is 17.6 Å². The molecular formula is C13H14BrF2NO. The van der Waals surface area contributed by atoms with Crippen molar-refractivity contribution in [3.05, 3.63) is 33.8 Å². The maximum atomic E-state index is 13.7. The Hall–Kier alpha value is -0.810. The second-order valence-corrected chi connectivity index (χ2v) is 5.45. The average Bonchev–Trinajstić information content (AvgIpc) is 2.82. The average molecular weight is 318 g/mol. The van der Waals surface area contributed by atoms with E-state index in [1.54, 1.807) is 0 Å². The first kappa shape index (κ1) is 13.6. The molecule has 1 fully saturated rings. The minimum atomic E-state index is -0.673. The van der Waals surface area contributed by atoms with E-state index in [-0.39, 0.29) is 22.2 Å². The zero-order chi connectivity index (χ0) is 13.1. The molecule has 1 saturated heterocycles. The summed E-state index contributed by atoms with van der Waals surface area (Å²) < 4.78 is 27.4. The van der Waals surface area contributed by atoms with E-state index in [0.717, 1.165) is 19.5 Å². The highest BCUT2D eigenvalue weighted by atomic mass is 79.9. The SMILES string of the molecule is O=C(Cc1c(F)ccc(Br)c1F)CC1CCNC1. The fourth-order valence-corrected chi connectivity index (χ4v) is 2.58. The van der Waals surface area contributed by atoms with E-state index in [0.29, 0.717) is 12.3 Å². The van der Waals surface area contributed by atoms with Gasteiger partial charge in [-0.05, 0) is 53.5 Å². The number of halogens is 3. The quantitative estimate of drug-likeness (QED) is 0.865. The summed E-state index contributed by atoms with van der Waals surface area (Å²) in [4.78, 5) is 11.8. The van der Waals surface area contributed by atoms with Crippen LogP contribution in [0.4, 0.5) is 8.78 Å². The predicted octanol–water partition coefficient (Wildman–Crippen LogP) is 2.84. The largest absolute Gasteiger partial charge is 0.316 e. The number of carbonyl (C=O) groups is 1. The summed E-state index contributed by atoms with van der Waals surface area (Å²) in [6.07, 6.45) is 1.17. The molecule has 1 heterocycles. The number of ketones is 1. The summed E-state index contributed by atoms with van der Waals surface area (Å²) in [5, 5.41) is 3.17. The first-order chi connectivity index (χ1) is 8.58. The van der Waals surface area contributed by atoms with Gasteiger partial charge in [0, 0.05) is 18.4 Å². The van der Waals surface area contributed by atoms with Crippen molar-refractivity contribution in [1.82, 2.24) is 5.32 Å². The van der Waals surface area contributed by atoms with Gasteiger partial charge in [0.2, 0.25) is 0 Å². The normalized spacial score (nSPS) is 19.2. The van der Waals surface area contributed by atoms with Gasteiger partial charge in [-0.25, -0.2) is 8.78 Å². The molecule has 1 aliphatic rings. The number of Topliss-reactive ketones (excluding diaryl/α,β-unsaturated/α-hetero) is 1. The highest BCUT2D eigenvalue weighted by Gasteiger charge is 2.21. The molecule has 1 aromatic carbocycles. The first-order valence-electron chi connectivity index (χ1n) is 5.92. The smallest absolute Gasteiger partial charge is 0.143 e. The fourth-order valence-electron chi connectivity index (χ4n) is 2.21. The van der Waals surface area contributed by atoms with Crippen LogP contribution in [0.5, 0.6) is 0 Å². The Balaban J connectivity index is 2.04. The van der Waals surface area contributed by atoms with Crippen molar-refractivity contribution in [3.63, 3.8) is 0 Å². The van der Waals surface area contributed by atoms with E-state index in [4.69, 9.17) is 0 Å². The van der Waals surface area contributed by atoms with Crippen LogP contribution in [0.15, 0.2) is 16.6 Å². The van der Waals surface area contributed by atoms with Gasteiger partial charge in [-0.2, -0.15) is 0 Å². The van der Waals surface area contributed by atoms with Gasteiger partial charge in [0.15, 0.2) is 0 Å². The van der Waals surface area contributed by atoms with Gasteiger partial charge in [-0.1, -0.05) is 0 Å². The molecule has 2 nitrogen and oxygen atoms in total. The molecule has 98 valence electrons. The van der Waals surface area contributed by atoms with Gasteiger partial charge in [-0.3, -0.25) is 4.79 Å². The van der Waals surface area contributed by atoms with Crippen molar-refractivity contribution in [2.45, 2.75) is 19.3 Å². The zero-order valence-corrected chi connectivity index (χ0v) is 11.4. The number of hydrogen-bond acceptors (Lipinski definition) is 2. The third kappa shape index (κ3) is 3.14. The summed E-state index contributed by atoms with van der Waals surface area (Å²) in [5.74, 6) is -1.14. The maximum Gasteiger partial charge on any atom is 0.143 e. The molecule has 1 aliphatic heterocycles. The van der Waals surface area contributed by atoms with Gasteiger partial charge in [0.25, 0.3) is 0 Å². The lowest BCUT2D eigenvalue weighted by Crippen LogP contribution is -2.15. The van der Waals surface area contributed by atoms with Crippen LogP contribution in [-0.4, -0.2) is 18.9 Å². The summed E-state index contributed by atoms with van der Waals surface area (Å²) >= 11 is 3.00. The Bertz CT molecular complexity index is 459. The third-order valence-electron chi connectivity index (χ3n) is 3.19. The van der Waals surface area contributed by atoms with E-state index in [1.807, 2.05) is 0 Å². The van der Waals surface area contributed by atoms with Crippen molar-refractivity contribution in [1.29, 1.82) is 0 Å². The molecule has 0 aromatic heterocycles. The van der Waals surface area contributed by atoms with E-state index in [2.05, 4.69) is 21.2 Å². The lowest BCUT2D eigenvalue weighted by Gasteiger charge is -2.09. The van der Waals surface area contributed by atoms with Crippen LogP contribution in [0.3, 0.4) is 0 Å². The van der Waals surface area contributed by atoms with Gasteiger partial charge in [-0.15, -0.1) is 0 Å². The van der Waals surface area contributed by atoms with Crippen molar-refractivity contribution in [2.75, 3.05) is 13.1 Å². The molecule has 0 bridgehead atoms. The highest BCUT2D eigenvalue weighted by molar-refractivity contribution is 9.10. The van der Waals surface area contributed by atoms with Gasteiger partial charge in [0.1, 0.15) is 17.4 Å². The van der Waals surface area contributed by atoms with E-state index in [9.17, 15) is 13.6 Å². The van der Waals surface area contributed by atoms with Crippen LogP contribution in [0.1, 0.15) is 18.4 Å². The van der Waals surface area contributed by atoms with Crippen LogP contribution in [0.2, 0.25) is 0 Å². The van der Waals surface area contributed by atoms with Gasteiger partial charge < -0.3 is 5.32 Å². The highest BCUT2D eigenvalue weighted by Crippen LogP contribution is 2.23.